The molecule has 0 saturated carbocycles. The molecule has 1 aliphatic rings. The Morgan fingerprint density at radius 1 is 1.03 bits per heavy atom. The summed E-state index contributed by atoms with van der Waals surface area (Å²) in [5, 5.41) is 5.69. The van der Waals surface area contributed by atoms with Crippen molar-refractivity contribution in [3.63, 3.8) is 0 Å². The quantitative estimate of drug-likeness (QED) is 0.537. The monoisotopic (exact) mass is 426 g/mol. The molecule has 0 fully saturated rings. The number of halogens is 2. The van der Waals surface area contributed by atoms with Crippen LogP contribution in [-0.2, 0) is 20.9 Å². The number of hydrogen-bond donors (Lipinski definition) is 0. The van der Waals surface area contributed by atoms with Gasteiger partial charge in [-0.25, -0.2) is 9.99 Å². The van der Waals surface area contributed by atoms with Gasteiger partial charge >= 0.3 is 12.5 Å². The number of nitrogens with zero attached hydrogens (tertiary/aromatic N) is 4. The van der Waals surface area contributed by atoms with Gasteiger partial charge in [-0.1, -0.05) is 42.5 Å². The van der Waals surface area contributed by atoms with E-state index in [2.05, 4.69) is 10.1 Å². The fourth-order valence-electron chi connectivity index (χ4n) is 3.44. The Bertz CT molecular complexity index is 1130. The Kier molecular flexibility index (Phi) is 6.01. The standard InChI is InChI=1S/C22H20F2N4O3/c23-22(24)28-18-9-5-4-8-17(18)25-19(28)14-31-21(30)11-10-20(29)27-13-12-16(26-27)15-6-2-1-3-7-15/h1-9,22H,10-14H2. The third-order valence-electron chi connectivity index (χ3n) is 4.97. The number of carbonyl (C=O) groups is 2. The van der Waals surface area contributed by atoms with Gasteiger partial charge in [-0.2, -0.15) is 13.9 Å². The predicted octanol–water partition coefficient (Wildman–Crippen LogP) is 3.89. The van der Waals surface area contributed by atoms with Gasteiger partial charge in [0, 0.05) is 12.8 Å². The lowest BCUT2D eigenvalue weighted by molar-refractivity contribution is -0.147. The summed E-state index contributed by atoms with van der Waals surface area (Å²) in [6.07, 6.45) is 0.403. The van der Waals surface area contributed by atoms with Crippen LogP contribution in [0, 0.1) is 0 Å². The highest BCUT2D eigenvalue weighted by Gasteiger charge is 2.23. The zero-order valence-electron chi connectivity index (χ0n) is 16.6. The average Bonchev–Trinajstić information content (AvgIpc) is 3.41. The topological polar surface area (TPSA) is 76.8 Å². The number of hydrazone groups is 1. The van der Waals surface area contributed by atoms with E-state index in [1.54, 1.807) is 18.2 Å². The summed E-state index contributed by atoms with van der Waals surface area (Å²) in [6, 6.07) is 16.0. The van der Waals surface area contributed by atoms with Gasteiger partial charge in [0.05, 0.1) is 29.7 Å². The minimum Gasteiger partial charge on any atom is -0.457 e. The van der Waals surface area contributed by atoms with Gasteiger partial charge < -0.3 is 4.74 Å². The van der Waals surface area contributed by atoms with Gasteiger partial charge in [0.25, 0.3) is 0 Å². The molecular formula is C22H20F2N4O3. The summed E-state index contributed by atoms with van der Waals surface area (Å²) >= 11 is 0. The molecule has 1 amide bonds. The summed E-state index contributed by atoms with van der Waals surface area (Å²) in [7, 11) is 0. The number of aromatic nitrogens is 2. The molecule has 0 unspecified atom stereocenters. The number of amides is 1. The highest BCUT2D eigenvalue weighted by Crippen LogP contribution is 2.23. The zero-order valence-corrected chi connectivity index (χ0v) is 16.6. The van der Waals surface area contributed by atoms with Crippen LogP contribution in [0.25, 0.3) is 11.0 Å². The van der Waals surface area contributed by atoms with Gasteiger partial charge in [0.15, 0.2) is 5.82 Å². The molecule has 0 spiro atoms. The zero-order chi connectivity index (χ0) is 21.8. The summed E-state index contributed by atoms with van der Waals surface area (Å²) < 4.78 is 32.7. The number of rotatable bonds is 7. The van der Waals surface area contributed by atoms with Crippen LogP contribution in [0.4, 0.5) is 8.78 Å². The van der Waals surface area contributed by atoms with Crippen LogP contribution < -0.4 is 0 Å². The van der Waals surface area contributed by atoms with Crippen molar-refractivity contribution in [3.05, 3.63) is 66.0 Å². The maximum atomic E-state index is 13.4. The Morgan fingerprint density at radius 3 is 2.55 bits per heavy atom. The lowest BCUT2D eigenvalue weighted by Crippen LogP contribution is -2.24. The summed E-state index contributed by atoms with van der Waals surface area (Å²) in [5.41, 5.74) is 2.44. The van der Waals surface area contributed by atoms with Gasteiger partial charge in [0.1, 0.15) is 6.61 Å². The van der Waals surface area contributed by atoms with Crippen molar-refractivity contribution >= 4 is 28.6 Å². The molecule has 160 valence electrons. The van der Waals surface area contributed by atoms with Crippen molar-refractivity contribution in [2.45, 2.75) is 32.4 Å². The van der Waals surface area contributed by atoms with Crippen LogP contribution in [0.5, 0.6) is 0 Å². The second kappa shape index (κ2) is 9.03. The van der Waals surface area contributed by atoms with Crippen molar-refractivity contribution in [2.75, 3.05) is 6.54 Å². The molecule has 9 heteroatoms. The Morgan fingerprint density at radius 2 is 1.77 bits per heavy atom. The Balaban J connectivity index is 1.31. The smallest absolute Gasteiger partial charge is 0.320 e. The first kappa shape index (κ1) is 20.6. The number of para-hydroxylation sites is 2. The molecule has 0 radical (unpaired) electrons. The van der Waals surface area contributed by atoms with E-state index in [1.165, 1.54) is 11.1 Å². The van der Waals surface area contributed by atoms with E-state index in [4.69, 9.17) is 4.74 Å². The Hall–Kier alpha value is -3.62. The first-order chi connectivity index (χ1) is 15.0. The van der Waals surface area contributed by atoms with Crippen LogP contribution in [-0.4, -0.2) is 38.7 Å². The van der Waals surface area contributed by atoms with Crippen molar-refractivity contribution in [1.82, 2.24) is 14.6 Å². The molecular weight excluding hydrogens is 406 g/mol. The largest absolute Gasteiger partial charge is 0.457 e. The first-order valence-electron chi connectivity index (χ1n) is 9.86. The molecule has 0 bridgehead atoms. The van der Waals surface area contributed by atoms with E-state index in [9.17, 15) is 18.4 Å². The lowest BCUT2D eigenvalue weighted by atomic mass is 10.1. The van der Waals surface area contributed by atoms with E-state index < -0.39 is 19.1 Å². The summed E-state index contributed by atoms with van der Waals surface area (Å²) in [4.78, 5) is 28.5. The van der Waals surface area contributed by atoms with Gasteiger partial charge in [-0.05, 0) is 17.7 Å². The number of alkyl halides is 2. The molecule has 31 heavy (non-hydrogen) atoms. The lowest BCUT2D eigenvalue weighted by Gasteiger charge is -2.11. The molecule has 0 N–H and O–H groups in total. The van der Waals surface area contributed by atoms with Crippen LogP contribution in [0.1, 0.15) is 37.2 Å². The summed E-state index contributed by atoms with van der Waals surface area (Å²) in [6.45, 7) is -2.75. The summed E-state index contributed by atoms with van der Waals surface area (Å²) in [5.74, 6) is -0.997. The van der Waals surface area contributed by atoms with E-state index >= 15 is 0 Å². The number of fused-ring (bicyclic) bond motifs is 1. The van der Waals surface area contributed by atoms with E-state index in [0.29, 0.717) is 18.5 Å². The van der Waals surface area contributed by atoms with Gasteiger partial charge in [0.2, 0.25) is 5.91 Å². The molecule has 3 aromatic rings. The van der Waals surface area contributed by atoms with Crippen LogP contribution in [0.2, 0.25) is 0 Å². The number of esters is 1. The second-order valence-electron chi connectivity index (χ2n) is 7.00. The third-order valence-corrected chi connectivity index (χ3v) is 4.97. The number of benzene rings is 2. The van der Waals surface area contributed by atoms with Crippen LogP contribution >= 0.6 is 0 Å². The molecule has 1 aliphatic heterocycles. The maximum Gasteiger partial charge on any atom is 0.320 e. The molecule has 0 atom stereocenters. The molecule has 2 aromatic carbocycles. The fraction of sp³-hybridized carbons (Fsp3) is 0.273. The molecule has 4 rings (SSSR count). The average molecular weight is 426 g/mol. The SMILES string of the molecule is O=C(CCC(=O)N1CCC(c2ccccc2)=N1)OCc1nc2ccccc2n1C(F)F. The maximum absolute atomic E-state index is 13.4. The molecule has 0 aliphatic carbocycles. The van der Waals surface area contributed by atoms with Crippen molar-refractivity contribution in [3.8, 4) is 0 Å². The number of ether oxygens (including phenoxy) is 1. The van der Waals surface area contributed by atoms with Crippen molar-refractivity contribution in [1.29, 1.82) is 0 Å². The number of carbonyl (C=O) groups excluding carboxylic acids is 2. The van der Waals surface area contributed by atoms with Crippen molar-refractivity contribution < 1.29 is 23.1 Å². The molecule has 0 saturated heterocycles. The second-order valence-corrected chi connectivity index (χ2v) is 7.00. The minimum absolute atomic E-state index is 0.0486. The molecule has 1 aromatic heterocycles. The van der Waals surface area contributed by atoms with Crippen molar-refractivity contribution in [2.24, 2.45) is 5.10 Å². The normalized spacial score (nSPS) is 13.6. The Labute approximate surface area is 176 Å². The first-order valence-corrected chi connectivity index (χ1v) is 9.86. The highest BCUT2D eigenvalue weighted by molar-refractivity contribution is 6.02. The predicted molar refractivity (Wildman–Crippen MR) is 109 cm³/mol. The van der Waals surface area contributed by atoms with E-state index in [-0.39, 0.29) is 30.1 Å². The minimum atomic E-state index is -2.81. The number of imidazole rings is 1. The van der Waals surface area contributed by atoms with E-state index in [0.717, 1.165) is 15.8 Å². The van der Waals surface area contributed by atoms with Crippen LogP contribution in [0.15, 0.2) is 59.7 Å². The van der Waals surface area contributed by atoms with Crippen LogP contribution in [0.3, 0.4) is 0 Å². The van der Waals surface area contributed by atoms with Gasteiger partial charge in [-0.3, -0.25) is 14.2 Å². The number of hydrogen-bond acceptors (Lipinski definition) is 5. The highest BCUT2D eigenvalue weighted by atomic mass is 19.3. The third kappa shape index (κ3) is 4.60. The molecule has 2 heterocycles. The molecule has 7 nitrogen and oxygen atoms in total. The fourth-order valence-corrected chi connectivity index (χ4v) is 3.44. The van der Waals surface area contributed by atoms with Gasteiger partial charge in [-0.15, -0.1) is 0 Å². The van der Waals surface area contributed by atoms with E-state index in [1.807, 2.05) is 30.3 Å².